The first-order chi connectivity index (χ1) is 15.3. The second-order valence-corrected chi connectivity index (χ2v) is 13.4. The van der Waals surface area contributed by atoms with Gasteiger partial charge in [0.25, 0.3) is 0 Å². The summed E-state index contributed by atoms with van der Waals surface area (Å²) in [5, 5.41) is 42.8. The Morgan fingerprint density at radius 1 is 0.879 bits per heavy atom. The number of carbonyl (C=O) groups is 1. The van der Waals surface area contributed by atoms with Crippen LogP contribution in [0.15, 0.2) is 0 Å². The standard InChI is InChI=1S/C28H48O5/c1-14(2)15(3)25(32)26(33)16(4)18-7-8-19-17-11-22(29)21-12-23(30)24(31)13-28(21,6)20(17)9-10-27(18,19)5/h14-21,23-26,30-33H,7-13H2,1-6H3/t15-,16-,17-,18+,19-,20-,21+,23-,24-,25+,26+,27-,28+/m0/s1. The van der Waals surface area contributed by atoms with Crippen molar-refractivity contribution in [2.75, 3.05) is 0 Å². The summed E-state index contributed by atoms with van der Waals surface area (Å²) >= 11 is 0. The fourth-order valence-electron chi connectivity index (χ4n) is 9.23. The predicted octanol–water partition coefficient (Wildman–Crippen LogP) is 3.81. The van der Waals surface area contributed by atoms with Gasteiger partial charge >= 0.3 is 0 Å². The molecule has 4 fully saturated rings. The average Bonchev–Trinajstić information content (AvgIpc) is 3.10. The smallest absolute Gasteiger partial charge is 0.136 e. The third kappa shape index (κ3) is 3.93. The molecule has 0 amide bonds. The van der Waals surface area contributed by atoms with Gasteiger partial charge in [0.2, 0.25) is 0 Å². The summed E-state index contributed by atoms with van der Waals surface area (Å²) in [6, 6.07) is 0. The Hall–Kier alpha value is -0.490. The highest BCUT2D eigenvalue weighted by Gasteiger charge is 2.63. The normalized spacial score (nSPS) is 49.1. The quantitative estimate of drug-likeness (QED) is 0.496. The van der Waals surface area contributed by atoms with Crippen LogP contribution >= 0.6 is 0 Å². The molecule has 0 spiro atoms. The van der Waals surface area contributed by atoms with Crippen LogP contribution in [-0.4, -0.2) is 50.6 Å². The first kappa shape index (κ1) is 25.6. The van der Waals surface area contributed by atoms with Crippen molar-refractivity contribution in [1.29, 1.82) is 0 Å². The molecule has 4 aliphatic carbocycles. The lowest BCUT2D eigenvalue weighted by Crippen LogP contribution is -2.59. The predicted molar refractivity (Wildman–Crippen MR) is 128 cm³/mol. The fraction of sp³-hybridized carbons (Fsp3) is 0.964. The van der Waals surface area contributed by atoms with Gasteiger partial charge in [0.15, 0.2) is 0 Å². The summed E-state index contributed by atoms with van der Waals surface area (Å²) in [5.41, 5.74) is -0.162. The summed E-state index contributed by atoms with van der Waals surface area (Å²) in [6.07, 6.45) is 2.80. The second kappa shape index (κ2) is 8.87. The summed E-state index contributed by atoms with van der Waals surface area (Å²) in [7, 11) is 0. The number of aliphatic hydroxyl groups is 4. The Morgan fingerprint density at radius 3 is 2.15 bits per heavy atom. The van der Waals surface area contributed by atoms with Crippen molar-refractivity contribution in [2.45, 2.75) is 111 Å². The van der Waals surface area contributed by atoms with Gasteiger partial charge in [0, 0.05) is 12.3 Å². The van der Waals surface area contributed by atoms with Crippen molar-refractivity contribution >= 4 is 5.78 Å². The molecule has 4 N–H and O–H groups in total. The van der Waals surface area contributed by atoms with Crippen LogP contribution in [-0.2, 0) is 4.79 Å². The topological polar surface area (TPSA) is 98.0 Å². The molecule has 0 aromatic heterocycles. The zero-order valence-corrected chi connectivity index (χ0v) is 21.6. The number of carbonyl (C=O) groups excluding carboxylic acids is 1. The maximum absolute atomic E-state index is 13.3. The van der Waals surface area contributed by atoms with Crippen LogP contribution in [0.3, 0.4) is 0 Å². The van der Waals surface area contributed by atoms with Crippen LogP contribution in [0.4, 0.5) is 0 Å². The largest absolute Gasteiger partial charge is 0.390 e. The van der Waals surface area contributed by atoms with E-state index < -0.39 is 24.4 Å². The number of aliphatic hydroxyl groups excluding tert-OH is 4. The van der Waals surface area contributed by atoms with Gasteiger partial charge in [-0.2, -0.15) is 0 Å². The van der Waals surface area contributed by atoms with Crippen molar-refractivity contribution in [3.05, 3.63) is 0 Å². The van der Waals surface area contributed by atoms with Crippen LogP contribution in [0, 0.1) is 58.2 Å². The number of ketones is 1. The molecular formula is C28H48O5. The highest BCUT2D eigenvalue weighted by Crippen LogP contribution is 2.67. The van der Waals surface area contributed by atoms with Gasteiger partial charge in [-0.05, 0) is 90.8 Å². The minimum atomic E-state index is -0.782. The van der Waals surface area contributed by atoms with E-state index in [4.69, 9.17) is 0 Å². The molecule has 0 heterocycles. The van der Waals surface area contributed by atoms with Crippen molar-refractivity contribution in [2.24, 2.45) is 58.2 Å². The monoisotopic (exact) mass is 464 g/mol. The van der Waals surface area contributed by atoms with E-state index >= 15 is 0 Å². The number of hydrogen-bond acceptors (Lipinski definition) is 5. The molecule has 13 atom stereocenters. The van der Waals surface area contributed by atoms with Crippen LogP contribution in [0.5, 0.6) is 0 Å². The van der Waals surface area contributed by atoms with Crippen molar-refractivity contribution in [3.8, 4) is 0 Å². The third-order valence-corrected chi connectivity index (χ3v) is 11.7. The maximum atomic E-state index is 13.3. The third-order valence-electron chi connectivity index (χ3n) is 11.7. The number of fused-ring (bicyclic) bond motifs is 5. The molecule has 0 aromatic rings. The van der Waals surface area contributed by atoms with Crippen LogP contribution in [0.25, 0.3) is 0 Å². The van der Waals surface area contributed by atoms with Gasteiger partial charge in [0.05, 0.1) is 24.4 Å². The molecule has 33 heavy (non-hydrogen) atoms. The first-order valence-corrected chi connectivity index (χ1v) is 13.6. The van der Waals surface area contributed by atoms with Gasteiger partial charge < -0.3 is 20.4 Å². The van der Waals surface area contributed by atoms with E-state index in [1.54, 1.807) is 0 Å². The van der Waals surface area contributed by atoms with E-state index in [1.165, 1.54) is 0 Å². The molecule has 190 valence electrons. The molecule has 0 aliphatic heterocycles. The second-order valence-electron chi connectivity index (χ2n) is 13.4. The van der Waals surface area contributed by atoms with E-state index in [0.29, 0.717) is 48.9 Å². The van der Waals surface area contributed by atoms with Crippen molar-refractivity contribution in [3.63, 3.8) is 0 Å². The molecule has 4 saturated carbocycles. The van der Waals surface area contributed by atoms with Crippen LogP contribution in [0.1, 0.15) is 86.5 Å². The molecular weight excluding hydrogens is 416 g/mol. The van der Waals surface area contributed by atoms with Gasteiger partial charge in [-0.1, -0.05) is 41.5 Å². The van der Waals surface area contributed by atoms with E-state index in [1.807, 2.05) is 6.92 Å². The molecule has 0 saturated heterocycles. The Balaban J connectivity index is 1.56. The lowest BCUT2D eigenvalue weighted by molar-refractivity contribution is -0.175. The molecule has 0 radical (unpaired) electrons. The summed E-state index contributed by atoms with van der Waals surface area (Å²) in [5.74, 6) is 2.05. The average molecular weight is 465 g/mol. The molecule has 0 aromatic carbocycles. The Kier molecular flexibility index (Phi) is 6.88. The van der Waals surface area contributed by atoms with Crippen LogP contribution in [0.2, 0.25) is 0 Å². The highest BCUT2D eigenvalue weighted by molar-refractivity contribution is 5.83. The fourth-order valence-corrected chi connectivity index (χ4v) is 9.23. The lowest BCUT2D eigenvalue weighted by Gasteiger charge is -2.61. The molecule has 5 nitrogen and oxygen atoms in total. The zero-order chi connectivity index (χ0) is 24.5. The summed E-state index contributed by atoms with van der Waals surface area (Å²) in [4.78, 5) is 13.3. The lowest BCUT2D eigenvalue weighted by atomic mass is 9.44. The molecule has 0 unspecified atom stereocenters. The van der Waals surface area contributed by atoms with Gasteiger partial charge in [-0.25, -0.2) is 0 Å². The van der Waals surface area contributed by atoms with Crippen molar-refractivity contribution in [1.82, 2.24) is 0 Å². The van der Waals surface area contributed by atoms with E-state index in [0.717, 1.165) is 25.7 Å². The Labute approximate surface area is 200 Å². The van der Waals surface area contributed by atoms with Gasteiger partial charge in [0.1, 0.15) is 5.78 Å². The molecule has 4 rings (SSSR count). The number of Topliss-reactive ketones (excluding diaryl/α,β-unsaturated/α-hetero) is 1. The van der Waals surface area contributed by atoms with Gasteiger partial charge in [-0.15, -0.1) is 0 Å². The Morgan fingerprint density at radius 2 is 1.52 bits per heavy atom. The minimum Gasteiger partial charge on any atom is -0.390 e. The molecule has 5 heteroatoms. The Bertz CT molecular complexity index is 738. The highest BCUT2D eigenvalue weighted by atomic mass is 16.3. The van der Waals surface area contributed by atoms with Gasteiger partial charge in [-0.3, -0.25) is 4.79 Å². The van der Waals surface area contributed by atoms with E-state index in [2.05, 4.69) is 34.6 Å². The molecule has 0 bridgehead atoms. The summed E-state index contributed by atoms with van der Waals surface area (Å²) < 4.78 is 0. The first-order valence-electron chi connectivity index (χ1n) is 13.6. The summed E-state index contributed by atoms with van der Waals surface area (Å²) in [6.45, 7) is 12.9. The SMILES string of the molecule is CC(C)[C@H](C)[C@@H](O)[C@H](O)[C@@H](C)[C@H]1CC[C@H]2[C@@H]3CC(=O)[C@H]4C[C@H](O)[C@@H](O)C[C@]4(C)[C@H]3CC[C@@]12C. The van der Waals surface area contributed by atoms with Crippen molar-refractivity contribution < 1.29 is 25.2 Å². The van der Waals surface area contributed by atoms with E-state index in [-0.39, 0.29) is 34.4 Å². The van der Waals surface area contributed by atoms with E-state index in [9.17, 15) is 25.2 Å². The maximum Gasteiger partial charge on any atom is 0.136 e. The number of hydrogen-bond donors (Lipinski definition) is 4. The zero-order valence-electron chi connectivity index (χ0n) is 21.6. The number of rotatable bonds is 5. The minimum absolute atomic E-state index is 0.0158. The molecule has 4 aliphatic rings. The van der Waals surface area contributed by atoms with Crippen LogP contribution < -0.4 is 0 Å².